The maximum atomic E-state index is 6.14. The van der Waals surface area contributed by atoms with Crippen molar-refractivity contribution in [3.63, 3.8) is 0 Å². The normalized spacial score (nSPS) is 13.0. The van der Waals surface area contributed by atoms with Crippen molar-refractivity contribution in [3.8, 4) is 31.5 Å². The number of hydrogen-bond donors (Lipinski definition) is 2. The Kier molecular flexibility index (Phi) is 12.4. The number of nitrogens with zero attached hydrogens (tertiary/aromatic N) is 1. The molecule has 0 fully saturated rings. The first-order valence-corrected chi connectivity index (χ1v) is 19.0. The summed E-state index contributed by atoms with van der Waals surface area (Å²) in [5.41, 5.74) is 7.97. The van der Waals surface area contributed by atoms with Crippen LogP contribution in [0, 0.1) is 0 Å². The number of anilines is 1. The molecule has 0 saturated heterocycles. The summed E-state index contributed by atoms with van der Waals surface area (Å²) in [6.45, 7) is 6.47. The molecule has 0 radical (unpaired) electrons. The standard InChI is InChI=1S/C39H45N3O4S3/c1-4-5-18-40-38(47)41-28-11-13-30-29-12-10-27(34-14-15-36(48-34)37-42-33-8-6-7-9-35(33)49-37)25-31(29)39(32(30)26-28,16-19-45-23-21-43-2)17-20-46-24-22-44-3/h6-15,25-26H,4-5,16-24H2,1-3H3,(H2,40,41,47). The quantitative estimate of drug-likeness (QED) is 0.0688. The van der Waals surface area contributed by atoms with E-state index < -0.39 is 0 Å². The van der Waals surface area contributed by atoms with Crippen LogP contribution in [0.25, 0.3) is 41.7 Å². The Hall–Kier alpha value is -3.22. The third kappa shape index (κ3) is 8.23. The number of nitrogens with one attached hydrogen (secondary N) is 2. The van der Waals surface area contributed by atoms with Crippen LogP contribution in [0.4, 0.5) is 5.69 Å². The zero-order valence-electron chi connectivity index (χ0n) is 28.5. The minimum Gasteiger partial charge on any atom is -0.382 e. The molecule has 2 heterocycles. The van der Waals surface area contributed by atoms with Gasteiger partial charge in [-0.25, -0.2) is 4.98 Å². The second-order valence-corrected chi connectivity index (χ2v) is 14.7. The molecule has 2 N–H and O–H groups in total. The molecular formula is C39H45N3O4S3. The van der Waals surface area contributed by atoms with Crippen LogP contribution >= 0.6 is 34.9 Å². The summed E-state index contributed by atoms with van der Waals surface area (Å²) < 4.78 is 24.0. The van der Waals surface area contributed by atoms with Crippen LogP contribution < -0.4 is 10.6 Å². The second-order valence-electron chi connectivity index (χ2n) is 12.2. The van der Waals surface area contributed by atoms with Crippen LogP contribution in [0.5, 0.6) is 0 Å². The number of para-hydroxylation sites is 1. The van der Waals surface area contributed by atoms with Crippen LogP contribution in [0.1, 0.15) is 43.7 Å². The summed E-state index contributed by atoms with van der Waals surface area (Å²) in [6.07, 6.45) is 3.80. The highest BCUT2D eigenvalue weighted by Gasteiger charge is 2.43. The first-order chi connectivity index (χ1) is 24.1. The lowest BCUT2D eigenvalue weighted by molar-refractivity contribution is 0.0491. The van der Waals surface area contributed by atoms with E-state index in [1.807, 2.05) is 6.07 Å². The molecule has 0 spiro atoms. The predicted molar refractivity (Wildman–Crippen MR) is 208 cm³/mol. The van der Waals surface area contributed by atoms with Gasteiger partial charge in [-0.2, -0.15) is 0 Å². The Morgan fingerprint density at radius 1 is 0.776 bits per heavy atom. The maximum absolute atomic E-state index is 6.14. The van der Waals surface area contributed by atoms with Gasteiger partial charge in [-0.3, -0.25) is 0 Å². The number of benzene rings is 3. The van der Waals surface area contributed by atoms with Crippen molar-refractivity contribution in [3.05, 3.63) is 83.9 Å². The van der Waals surface area contributed by atoms with E-state index in [9.17, 15) is 0 Å². The molecule has 0 amide bonds. The van der Waals surface area contributed by atoms with E-state index in [0.717, 1.165) is 48.4 Å². The third-order valence-corrected chi connectivity index (χ3v) is 11.6. The predicted octanol–water partition coefficient (Wildman–Crippen LogP) is 9.15. The summed E-state index contributed by atoms with van der Waals surface area (Å²) in [5.74, 6) is 0. The monoisotopic (exact) mass is 715 g/mol. The van der Waals surface area contributed by atoms with Gasteiger partial charge in [0.2, 0.25) is 0 Å². The molecular weight excluding hydrogens is 671 g/mol. The van der Waals surface area contributed by atoms with E-state index in [4.69, 9.17) is 36.1 Å². The Balaban J connectivity index is 1.37. The average Bonchev–Trinajstić information content (AvgIpc) is 3.84. The number of unbranched alkanes of at least 4 members (excludes halogenated alkanes) is 1. The molecule has 10 heteroatoms. The number of rotatable bonds is 18. The van der Waals surface area contributed by atoms with Crippen molar-refractivity contribution in [1.82, 2.24) is 10.3 Å². The van der Waals surface area contributed by atoms with Gasteiger partial charge in [0.1, 0.15) is 5.01 Å². The van der Waals surface area contributed by atoms with Crippen molar-refractivity contribution in [2.24, 2.45) is 0 Å². The van der Waals surface area contributed by atoms with Crippen LogP contribution in [0.2, 0.25) is 0 Å². The van der Waals surface area contributed by atoms with Gasteiger partial charge < -0.3 is 29.6 Å². The smallest absolute Gasteiger partial charge is 0.170 e. The zero-order valence-corrected chi connectivity index (χ0v) is 31.0. The largest absolute Gasteiger partial charge is 0.382 e. The minimum atomic E-state index is -0.330. The molecule has 1 aliphatic carbocycles. The topological polar surface area (TPSA) is 73.9 Å². The Labute approximate surface area is 303 Å². The van der Waals surface area contributed by atoms with Gasteiger partial charge in [-0.05, 0) is 102 Å². The molecule has 7 nitrogen and oxygen atoms in total. The van der Waals surface area contributed by atoms with Gasteiger partial charge in [0.25, 0.3) is 0 Å². The van der Waals surface area contributed by atoms with E-state index in [1.165, 1.54) is 42.3 Å². The highest BCUT2D eigenvalue weighted by atomic mass is 32.1. The molecule has 0 atom stereocenters. The zero-order chi connectivity index (χ0) is 34.1. The van der Waals surface area contributed by atoms with Crippen molar-refractivity contribution in [1.29, 1.82) is 0 Å². The molecule has 49 heavy (non-hydrogen) atoms. The number of thiophene rings is 1. The van der Waals surface area contributed by atoms with Gasteiger partial charge in [0.15, 0.2) is 5.11 Å². The SMILES string of the molecule is CCCCNC(=S)Nc1ccc2c(c1)C(CCOCCOC)(CCOCCOC)c1cc(-c3ccc(-c4nc5ccccc5s4)s3)ccc1-2. The Morgan fingerprint density at radius 3 is 2.18 bits per heavy atom. The van der Waals surface area contributed by atoms with Gasteiger partial charge in [0.05, 0.1) is 41.5 Å². The summed E-state index contributed by atoms with van der Waals surface area (Å²) >= 11 is 9.20. The van der Waals surface area contributed by atoms with Gasteiger partial charge in [-0.15, -0.1) is 22.7 Å². The lowest BCUT2D eigenvalue weighted by Crippen LogP contribution is -2.31. The van der Waals surface area contributed by atoms with Gasteiger partial charge >= 0.3 is 0 Å². The average molecular weight is 716 g/mol. The molecule has 3 aromatic carbocycles. The molecule has 5 aromatic rings. The number of fused-ring (bicyclic) bond motifs is 4. The number of aromatic nitrogens is 1. The molecule has 0 saturated carbocycles. The second kappa shape index (κ2) is 17.1. The maximum Gasteiger partial charge on any atom is 0.170 e. The van der Waals surface area contributed by atoms with E-state index in [-0.39, 0.29) is 5.41 Å². The van der Waals surface area contributed by atoms with Gasteiger partial charge in [-0.1, -0.05) is 43.7 Å². The fourth-order valence-electron chi connectivity index (χ4n) is 6.51. The van der Waals surface area contributed by atoms with Crippen LogP contribution in [0.3, 0.4) is 0 Å². The lowest BCUT2D eigenvalue weighted by atomic mass is 9.72. The van der Waals surface area contributed by atoms with Crippen LogP contribution in [0.15, 0.2) is 72.8 Å². The van der Waals surface area contributed by atoms with Crippen molar-refractivity contribution in [2.45, 2.75) is 38.0 Å². The molecule has 0 unspecified atom stereocenters. The number of hydrogen-bond acceptors (Lipinski definition) is 8. The third-order valence-electron chi connectivity index (χ3n) is 9.04. The number of ether oxygens (including phenoxy) is 4. The van der Waals surface area contributed by atoms with Crippen molar-refractivity contribution in [2.75, 3.05) is 65.7 Å². The molecule has 1 aliphatic rings. The minimum absolute atomic E-state index is 0.330. The first kappa shape index (κ1) is 35.6. The van der Waals surface area contributed by atoms with E-state index in [0.29, 0.717) is 44.8 Å². The highest BCUT2D eigenvalue weighted by Crippen LogP contribution is 2.54. The number of thiocarbonyl (C=S) groups is 1. The van der Waals surface area contributed by atoms with E-state index in [1.54, 1.807) is 36.9 Å². The van der Waals surface area contributed by atoms with Crippen LogP contribution in [-0.2, 0) is 24.4 Å². The Bertz CT molecular complexity index is 1810. The van der Waals surface area contributed by atoms with E-state index in [2.05, 4.69) is 84.3 Å². The summed E-state index contributed by atoms with van der Waals surface area (Å²) in [7, 11) is 3.41. The highest BCUT2D eigenvalue weighted by molar-refractivity contribution is 7.80. The van der Waals surface area contributed by atoms with Crippen molar-refractivity contribution < 1.29 is 18.9 Å². The van der Waals surface area contributed by atoms with E-state index >= 15 is 0 Å². The summed E-state index contributed by atoms with van der Waals surface area (Å²) in [5, 5.41) is 8.50. The first-order valence-electron chi connectivity index (χ1n) is 17.0. The summed E-state index contributed by atoms with van der Waals surface area (Å²) in [6, 6.07) is 26.4. The Morgan fingerprint density at radius 2 is 1.47 bits per heavy atom. The van der Waals surface area contributed by atoms with Gasteiger partial charge in [0, 0.05) is 50.0 Å². The fraction of sp³-hybridized carbons (Fsp3) is 0.385. The van der Waals surface area contributed by atoms with Crippen molar-refractivity contribution >= 4 is 55.9 Å². The summed E-state index contributed by atoms with van der Waals surface area (Å²) in [4.78, 5) is 7.33. The number of thiazole rings is 1. The molecule has 0 bridgehead atoms. The number of methoxy groups -OCH3 is 2. The lowest BCUT2D eigenvalue weighted by Gasteiger charge is -2.33. The molecule has 0 aliphatic heterocycles. The molecule has 6 rings (SSSR count). The molecule has 2 aromatic heterocycles. The van der Waals surface area contributed by atoms with Crippen LogP contribution in [-0.4, -0.2) is 70.5 Å². The molecule has 258 valence electrons. The fourth-order valence-corrected chi connectivity index (χ4v) is 8.75.